The molecule has 3 heteroatoms. The van der Waals surface area contributed by atoms with E-state index in [1.54, 1.807) is 18.6 Å². The highest BCUT2D eigenvalue weighted by Gasteiger charge is 2.12. The highest BCUT2D eigenvalue weighted by atomic mass is 16.3. The van der Waals surface area contributed by atoms with Gasteiger partial charge in [0.15, 0.2) is 0 Å². The van der Waals surface area contributed by atoms with Crippen molar-refractivity contribution in [3.63, 3.8) is 0 Å². The number of rotatable bonds is 3. The first kappa shape index (κ1) is 11.8. The van der Waals surface area contributed by atoms with Crippen LogP contribution in [0.5, 0.6) is 0 Å². The molecule has 19 heavy (non-hydrogen) atoms. The molecule has 3 nitrogen and oxygen atoms in total. The fourth-order valence-corrected chi connectivity index (χ4v) is 2.25. The smallest absolute Gasteiger partial charge is 0.0851 e. The number of pyridine rings is 2. The minimum atomic E-state index is -0.555. The van der Waals surface area contributed by atoms with E-state index in [2.05, 4.69) is 9.97 Å². The van der Waals surface area contributed by atoms with Gasteiger partial charge in [0.1, 0.15) is 0 Å². The maximum Gasteiger partial charge on any atom is 0.0851 e. The number of aliphatic hydroxyl groups excluding tert-OH is 1. The van der Waals surface area contributed by atoms with Crippen molar-refractivity contribution in [2.45, 2.75) is 12.5 Å². The third kappa shape index (κ3) is 2.46. The molecule has 3 rings (SSSR count). The summed E-state index contributed by atoms with van der Waals surface area (Å²) in [6.07, 6.45) is 5.25. The van der Waals surface area contributed by atoms with Gasteiger partial charge in [0.05, 0.1) is 11.6 Å². The van der Waals surface area contributed by atoms with Crippen LogP contribution in [0.25, 0.3) is 10.9 Å². The Morgan fingerprint density at radius 2 is 1.74 bits per heavy atom. The second-order valence-electron chi connectivity index (χ2n) is 4.50. The zero-order valence-corrected chi connectivity index (χ0v) is 10.4. The monoisotopic (exact) mass is 250 g/mol. The molecule has 0 radical (unpaired) electrons. The minimum absolute atomic E-state index is 0.555. The van der Waals surface area contributed by atoms with Crippen LogP contribution in [0.1, 0.15) is 17.2 Å². The van der Waals surface area contributed by atoms with Crippen molar-refractivity contribution in [3.05, 3.63) is 72.2 Å². The molecule has 0 amide bonds. The summed E-state index contributed by atoms with van der Waals surface area (Å²) in [4.78, 5) is 8.35. The number of hydrogen-bond donors (Lipinski definition) is 1. The molecule has 0 aliphatic rings. The van der Waals surface area contributed by atoms with E-state index in [0.29, 0.717) is 6.42 Å². The van der Waals surface area contributed by atoms with Gasteiger partial charge in [-0.25, -0.2) is 0 Å². The molecule has 0 fully saturated rings. The average molecular weight is 250 g/mol. The maximum atomic E-state index is 10.4. The van der Waals surface area contributed by atoms with Crippen LogP contribution < -0.4 is 0 Å². The Balaban J connectivity index is 1.96. The van der Waals surface area contributed by atoms with E-state index in [-0.39, 0.29) is 0 Å². The van der Waals surface area contributed by atoms with Gasteiger partial charge >= 0.3 is 0 Å². The van der Waals surface area contributed by atoms with E-state index in [1.165, 1.54) is 0 Å². The summed E-state index contributed by atoms with van der Waals surface area (Å²) in [6.45, 7) is 0. The summed E-state index contributed by atoms with van der Waals surface area (Å²) in [7, 11) is 0. The van der Waals surface area contributed by atoms with Crippen molar-refractivity contribution in [1.82, 2.24) is 9.97 Å². The minimum Gasteiger partial charge on any atom is -0.388 e. The highest BCUT2D eigenvalue weighted by Crippen LogP contribution is 2.24. The van der Waals surface area contributed by atoms with Crippen LogP contribution in [0.15, 0.2) is 61.1 Å². The molecule has 94 valence electrons. The normalized spacial score (nSPS) is 12.5. The van der Waals surface area contributed by atoms with Crippen LogP contribution in [0.4, 0.5) is 0 Å². The standard InChI is InChI=1S/C16H14N2O/c19-15(11-12-6-9-17-10-7-12)14-5-1-3-13-4-2-8-18-16(13)14/h1-10,15,19H,11H2. The Morgan fingerprint density at radius 1 is 0.947 bits per heavy atom. The topological polar surface area (TPSA) is 46.0 Å². The van der Waals surface area contributed by atoms with Gasteiger partial charge in [-0.1, -0.05) is 24.3 Å². The highest BCUT2D eigenvalue weighted by molar-refractivity contribution is 5.81. The fraction of sp³-hybridized carbons (Fsp3) is 0.125. The molecule has 0 bridgehead atoms. The second-order valence-corrected chi connectivity index (χ2v) is 4.50. The van der Waals surface area contributed by atoms with E-state index in [0.717, 1.165) is 22.0 Å². The van der Waals surface area contributed by atoms with Crippen molar-refractivity contribution < 1.29 is 5.11 Å². The molecule has 0 aliphatic carbocycles. The lowest BCUT2D eigenvalue weighted by Crippen LogP contribution is -2.03. The van der Waals surface area contributed by atoms with Gasteiger partial charge in [0.2, 0.25) is 0 Å². The van der Waals surface area contributed by atoms with Crippen LogP contribution in [-0.2, 0) is 6.42 Å². The Hall–Kier alpha value is -2.26. The van der Waals surface area contributed by atoms with E-state index in [4.69, 9.17) is 0 Å². The third-order valence-corrected chi connectivity index (χ3v) is 3.20. The second kappa shape index (κ2) is 5.16. The molecule has 0 aliphatic heterocycles. The van der Waals surface area contributed by atoms with Gasteiger partial charge in [-0.2, -0.15) is 0 Å². The molecular weight excluding hydrogens is 236 g/mol. The predicted octanol–water partition coefficient (Wildman–Crippen LogP) is 2.91. The molecule has 0 spiro atoms. The Bertz CT molecular complexity index is 677. The van der Waals surface area contributed by atoms with Crippen LogP contribution in [0, 0.1) is 0 Å². The number of aromatic nitrogens is 2. The fourth-order valence-electron chi connectivity index (χ4n) is 2.25. The summed E-state index contributed by atoms with van der Waals surface area (Å²) in [5.74, 6) is 0. The number of nitrogens with zero attached hydrogens (tertiary/aromatic N) is 2. The lowest BCUT2D eigenvalue weighted by molar-refractivity contribution is 0.180. The lowest BCUT2D eigenvalue weighted by Gasteiger charge is -2.13. The summed E-state index contributed by atoms with van der Waals surface area (Å²) in [5.41, 5.74) is 2.80. The van der Waals surface area contributed by atoms with Gasteiger partial charge in [0, 0.05) is 36.0 Å². The van der Waals surface area contributed by atoms with Crippen molar-refractivity contribution >= 4 is 10.9 Å². The number of benzene rings is 1. The van der Waals surface area contributed by atoms with Gasteiger partial charge in [-0.3, -0.25) is 9.97 Å². The number of para-hydroxylation sites is 1. The molecular formula is C16H14N2O. The molecule has 1 aromatic carbocycles. The van der Waals surface area contributed by atoms with Crippen molar-refractivity contribution in [3.8, 4) is 0 Å². The molecule has 0 saturated carbocycles. The van der Waals surface area contributed by atoms with Gasteiger partial charge in [-0.05, 0) is 23.8 Å². The van der Waals surface area contributed by atoms with Crippen LogP contribution in [0.2, 0.25) is 0 Å². The van der Waals surface area contributed by atoms with E-state index in [9.17, 15) is 5.11 Å². The maximum absolute atomic E-state index is 10.4. The lowest BCUT2D eigenvalue weighted by atomic mass is 9.99. The molecule has 2 heterocycles. The molecule has 0 saturated heterocycles. The van der Waals surface area contributed by atoms with E-state index < -0.39 is 6.10 Å². The Kier molecular flexibility index (Phi) is 3.21. The number of aliphatic hydroxyl groups is 1. The molecule has 1 unspecified atom stereocenters. The first-order chi connectivity index (χ1) is 9.34. The molecule has 1 N–H and O–H groups in total. The zero-order chi connectivity index (χ0) is 13.1. The first-order valence-corrected chi connectivity index (χ1v) is 6.25. The third-order valence-electron chi connectivity index (χ3n) is 3.20. The number of fused-ring (bicyclic) bond motifs is 1. The van der Waals surface area contributed by atoms with Gasteiger partial charge < -0.3 is 5.11 Å². The molecule has 1 atom stereocenters. The first-order valence-electron chi connectivity index (χ1n) is 6.25. The summed E-state index contributed by atoms with van der Waals surface area (Å²) in [5, 5.41) is 11.5. The average Bonchev–Trinajstić information content (AvgIpc) is 2.47. The van der Waals surface area contributed by atoms with E-state index >= 15 is 0 Å². The van der Waals surface area contributed by atoms with Crippen molar-refractivity contribution in [2.75, 3.05) is 0 Å². The van der Waals surface area contributed by atoms with Crippen LogP contribution >= 0.6 is 0 Å². The van der Waals surface area contributed by atoms with Gasteiger partial charge in [0.25, 0.3) is 0 Å². The number of hydrogen-bond acceptors (Lipinski definition) is 3. The Morgan fingerprint density at radius 3 is 2.58 bits per heavy atom. The largest absolute Gasteiger partial charge is 0.388 e. The molecule has 3 aromatic rings. The van der Waals surface area contributed by atoms with E-state index in [1.807, 2.05) is 42.5 Å². The predicted molar refractivity (Wildman–Crippen MR) is 74.6 cm³/mol. The van der Waals surface area contributed by atoms with Crippen LogP contribution in [0.3, 0.4) is 0 Å². The SMILES string of the molecule is OC(Cc1ccncc1)c1cccc2cccnc12. The summed E-state index contributed by atoms with van der Waals surface area (Å²) >= 11 is 0. The Labute approximate surface area is 111 Å². The van der Waals surface area contributed by atoms with Crippen molar-refractivity contribution in [2.24, 2.45) is 0 Å². The van der Waals surface area contributed by atoms with Crippen molar-refractivity contribution in [1.29, 1.82) is 0 Å². The zero-order valence-electron chi connectivity index (χ0n) is 10.4. The molecule has 2 aromatic heterocycles. The quantitative estimate of drug-likeness (QED) is 0.777. The van der Waals surface area contributed by atoms with Gasteiger partial charge in [-0.15, -0.1) is 0 Å². The summed E-state index contributed by atoms with van der Waals surface area (Å²) < 4.78 is 0. The van der Waals surface area contributed by atoms with Crippen LogP contribution in [-0.4, -0.2) is 15.1 Å². The summed E-state index contributed by atoms with van der Waals surface area (Å²) in [6, 6.07) is 13.6.